The second-order valence-electron chi connectivity index (χ2n) is 4.49. The molecule has 0 radical (unpaired) electrons. The summed E-state index contributed by atoms with van der Waals surface area (Å²) in [6.07, 6.45) is 2.11. The third kappa shape index (κ3) is 2.22. The molecule has 0 spiro atoms. The maximum absolute atomic E-state index is 9.11. The number of hydrogen-bond donors (Lipinski definition) is 0. The lowest BCUT2D eigenvalue weighted by Crippen LogP contribution is -1.94. The van der Waals surface area contributed by atoms with Crippen LogP contribution in [-0.4, -0.2) is 16.5 Å². The Hall–Kier alpha value is -2.51. The number of methoxy groups -OCH3 is 1. The second-order valence-corrected chi connectivity index (χ2v) is 4.90. The van der Waals surface area contributed by atoms with E-state index < -0.39 is 0 Å². The molecule has 2 aromatic heterocycles. The summed E-state index contributed by atoms with van der Waals surface area (Å²) in [5.74, 6) is 0.719. The number of nitriles is 1. The first kappa shape index (κ1) is 13.5. The van der Waals surface area contributed by atoms with Gasteiger partial charge in [-0.1, -0.05) is 23.7 Å². The van der Waals surface area contributed by atoms with Crippen LogP contribution >= 0.6 is 11.6 Å². The molecular formula is C16H12ClN3O. The number of halogens is 1. The highest BCUT2D eigenvalue weighted by Gasteiger charge is 2.17. The smallest absolute Gasteiger partial charge is 0.156 e. The number of pyridine rings is 1. The van der Waals surface area contributed by atoms with Gasteiger partial charge in [0.1, 0.15) is 5.75 Å². The minimum atomic E-state index is 0.245. The van der Waals surface area contributed by atoms with Gasteiger partial charge >= 0.3 is 0 Å². The van der Waals surface area contributed by atoms with Gasteiger partial charge in [-0.15, -0.1) is 0 Å². The summed E-state index contributed by atoms with van der Waals surface area (Å²) in [4.78, 5) is 4.61. The van der Waals surface area contributed by atoms with Crippen LogP contribution in [0.3, 0.4) is 0 Å². The number of hydrogen-bond acceptors (Lipinski definition) is 3. The van der Waals surface area contributed by atoms with Crippen LogP contribution in [0.5, 0.6) is 5.75 Å². The van der Waals surface area contributed by atoms with Gasteiger partial charge in [-0.25, -0.2) is 4.98 Å². The van der Waals surface area contributed by atoms with Gasteiger partial charge in [0.25, 0.3) is 0 Å². The quantitative estimate of drug-likeness (QED) is 0.740. The summed E-state index contributed by atoms with van der Waals surface area (Å²) in [5.41, 5.74) is 3.02. The lowest BCUT2D eigenvalue weighted by molar-refractivity contribution is 0.416. The molecule has 4 nitrogen and oxygen atoms in total. The van der Waals surface area contributed by atoms with E-state index in [9.17, 15) is 0 Å². The Morgan fingerprint density at radius 2 is 2.10 bits per heavy atom. The molecule has 0 amide bonds. The molecule has 0 bridgehead atoms. The van der Waals surface area contributed by atoms with E-state index in [1.54, 1.807) is 13.2 Å². The molecule has 3 aromatic rings. The molecule has 5 heteroatoms. The van der Waals surface area contributed by atoms with Crippen molar-refractivity contribution in [1.82, 2.24) is 9.38 Å². The zero-order valence-electron chi connectivity index (χ0n) is 11.4. The summed E-state index contributed by atoms with van der Waals surface area (Å²) in [6, 6.07) is 13.4. The largest absolute Gasteiger partial charge is 0.496 e. The topological polar surface area (TPSA) is 50.3 Å². The van der Waals surface area contributed by atoms with Crippen LogP contribution in [0.25, 0.3) is 16.9 Å². The fraction of sp³-hybridized carbons (Fsp3) is 0.125. The standard InChI is InChI=1S/C16H12ClN3O/c1-21-14-7-3-2-5-11(14)15-13(8-9-18)20-10-4-6-12(17)16(20)19-15/h2-7,10H,8H2,1H3. The number of aromatic nitrogens is 2. The predicted molar refractivity (Wildman–Crippen MR) is 81.5 cm³/mol. The van der Waals surface area contributed by atoms with Gasteiger partial charge in [0, 0.05) is 11.8 Å². The summed E-state index contributed by atoms with van der Waals surface area (Å²) >= 11 is 6.21. The molecule has 0 aliphatic rings. The fourth-order valence-electron chi connectivity index (χ4n) is 2.38. The van der Waals surface area contributed by atoms with Crippen molar-refractivity contribution < 1.29 is 4.74 Å². The van der Waals surface area contributed by atoms with Gasteiger partial charge in [-0.3, -0.25) is 0 Å². The molecule has 0 saturated heterocycles. The highest BCUT2D eigenvalue weighted by atomic mass is 35.5. The number of ether oxygens (including phenoxy) is 1. The molecule has 3 rings (SSSR count). The van der Waals surface area contributed by atoms with Gasteiger partial charge in [-0.05, 0) is 24.3 Å². The Balaban J connectivity index is 2.34. The first-order valence-electron chi connectivity index (χ1n) is 6.42. The van der Waals surface area contributed by atoms with Gasteiger partial charge in [0.15, 0.2) is 5.65 Å². The summed E-state index contributed by atoms with van der Waals surface area (Å²) in [7, 11) is 1.62. The number of nitrogens with zero attached hydrogens (tertiary/aromatic N) is 3. The molecule has 0 fully saturated rings. The Kier molecular flexibility index (Phi) is 3.51. The Morgan fingerprint density at radius 3 is 2.86 bits per heavy atom. The fourth-order valence-corrected chi connectivity index (χ4v) is 2.59. The SMILES string of the molecule is COc1ccccc1-c1nc2c(Cl)cccn2c1CC#N. The number of rotatable bonds is 3. The first-order valence-corrected chi connectivity index (χ1v) is 6.80. The molecule has 0 N–H and O–H groups in total. The van der Waals surface area contributed by atoms with Gasteiger partial charge < -0.3 is 9.14 Å². The summed E-state index contributed by atoms with van der Waals surface area (Å²) < 4.78 is 7.25. The van der Waals surface area contributed by atoms with Crippen LogP contribution in [0.15, 0.2) is 42.6 Å². The van der Waals surface area contributed by atoms with Crippen LogP contribution < -0.4 is 4.74 Å². The van der Waals surface area contributed by atoms with Crippen molar-refractivity contribution in [1.29, 1.82) is 5.26 Å². The lowest BCUT2D eigenvalue weighted by atomic mass is 10.1. The van der Waals surface area contributed by atoms with Crippen LogP contribution in [-0.2, 0) is 6.42 Å². The van der Waals surface area contributed by atoms with E-state index in [2.05, 4.69) is 11.1 Å². The van der Waals surface area contributed by atoms with E-state index in [1.807, 2.05) is 40.9 Å². The van der Waals surface area contributed by atoms with E-state index in [0.29, 0.717) is 10.7 Å². The monoisotopic (exact) mass is 297 g/mol. The van der Waals surface area contributed by atoms with Crippen LogP contribution in [0, 0.1) is 11.3 Å². The molecular weight excluding hydrogens is 286 g/mol. The number of para-hydroxylation sites is 1. The minimum absolute atomic E-state index is 0.245. The number of benzene rings is 1. The van der Waals surface area contributed by atoms with Crippen LogP contribution in [0.2, 0.25) is 5.02 Å². The minimum Gasteiger partial charge on any atom is -0.496 e. The van der Waals surface area contributed by atoms with Crippen molar-refractivity contribution in [2.45, 2.75) is 6.42 Å². The number of imidazole rings is 1. The maximum atomic E-state index is 9.11. The zero-order valence-corrected chi connectivity index (χ0v) is 12.1. The summed E-state index contributed by atoms with van der Waals surface area (Å²) in [5, 5.41) is 9.66. The summed E-state index contributed by atoms with van der Waals surface area (Å²) in [6.45, 7) is 0. The second kappa shape index (κ2) is 5.47. The first-order chi connectivity index (χ1) is 10.3. The van der Waals surface area contributed by atoms with Crippen molar-refractivity contribution in [2.24, 2.45) is 0 Å². The average Bonchev–Trinajstić information content (AvgIpc) is 2.88. The van der Waals surface area contributed by atoms with E-state index in [4.69, 9.17) is 21.6 Å². The molecule has 0 unspecified atom stereocenters. The van der Waals surface area contributed by atoms with Gasteiger partial charge in [0.05, 0.1) is 36.0 Å². The van der Waals surface area contributed by atoms with Gasteiger partial charge in [0.2, 0.25) is 0 Å². The Labute approximate surface area is 127 Å². The Morgan fingerprint density at radius 1 is 1.29 bits per heavy atom. The normalized spacial score (nSPS) is 10.5. The Bertz CT molecular complexity index is 848. The van der Waals surface area contributed by atoms with Gasteiger partial charge in [-0.2, -0.15) is 5.26 Å². The zero-order chi connectivity index (χ0) is 14.8. The van der Waals surface area contributed by atoms with Crippen molar-refractivity contribution in [3.8, 4) is 23.1 Å². The third-order valence-electron chi connectivity index (χ3n) is 3.31. The van der Waals surface area contributed by atoms with E-state index >= 15 is 0 Å². The molecule has 1 aromatic carbocycles. The van der Waals surface area contributed by atoms with E-state index in [0.717, 1.165) is 22.7 Å². The maximum Gasteiger partial charge on any atom is 0.156 e. The highest BCUT2D eigenvalue weighted by Crippen LogP contribution is 2.33. The molecule has 0 saturated carbocycles. The van der Waals surface area contributed by atoms with Crippen molar-refractivity contribution in [3.63, 3.8) is 0 Å². The predicted octanol–water partition coefficient (Wildman–Crippen LogP) is 3.73. The third-order valence-corrected chi connectivity index (χ3v) is 3.60. The van der Waals surface area contributed by atoms with E-state index in [-0.39, 0.29) is 6.42 Å². The molecule has 21 heavy (non-hydrogen) atoms. The molecule has 0 aliphatic heterocycles. The average molecular weight is 298 g/mol. The highest BCUT2D eigenvalue weighted by molar-refractivity contribution is 6.33. The van der Waals surface area contributed by atoms with Crippen LogP contribution in [0.4, 0.5) is 0 Å². The molecule has 2 heterocycles. The van der Waals surface area contributed by atoms with E-state index in [1.165, 1.54) is 0 Å². The lowest BCUT2D eigenvalue weighted by Gasteiger charge is -2.07. The number of fused-ring (bicyclic) bond motifs is 1. The van der Waals surface area contributed by atoms with Crippen molar-refractivity contribution in [2.75, 3.05) is 7.11 Å². The molecule has 0 aliphatic carbocycles. The molecule has 0 atom stereocenters. The molecule has 104 valence electrons. The van der Waals surface area contributed by atoms with Crippen molar-refractivity contribution in [3.05, 3.63) is 53.3 Å². The van der Waals surface area contributed by atoms with Crippen LogP contribution in [0.1, 0.15) is 5.69 Å². The van der Waals surface area contributed by atoms with Crippen molar-refractivity contribution >= 4 is 17.2 Å².